The molecule has 0 fully saturated rings. The van der Waals surface area contributed by atoms with Gasteiger partial charge in [-0.3, -0.25) is 4.79 Å². The number of urea groups is 1. The fourth-order valence-corrected chi connectivity index (χ4v) is 1.69. The van der Waals surface area contributed by atoms with Crippen LogP contribution in [0.2, 0.25) is 0 Å². The van der Waals surface area contributed by atoms with E-state index in [1.807, 2.05) is 20.8 Å². The van der Waals surface area contributed by atoms with E-state index < -0.39 is 29.7 Å². The lowest BCUT2D eigenvalue weighted by Crippen LogP contribution is -2.47. The maximum absolute atomic E-state index is 12.3. The van der Waals surface area contributed by atoms with Crippen LogP contribution in [0.5, 0.6) is 0 Å². The van der Waals surface area contributed by atoms with Crippen LogP contribution in [0.15, 0.2) is 24.3 Å². The van der Waals surface area contributed by atoms with E-state index in [1.54, 1.807) is 24.3 Å². The second kappa shape index (κ2) is 7.31. The standard InChI is InChI=1S/C16H23N3O5/c1-15(2,3)19-12(20)10-7-5-6-8-11(10)18-14(23)17-9-16(4,24)13(21)22/h5-8,24H,9H2,1-4H3,(H,19,20)(H,21,22)(H2,17,18,23). The third-order valence-corrected chi connectivity index (χ3v) is 2.96. The minimum atomic E-state index is -2.08. The smallest absolute Gasteiger partial charge is 0.337 e. The van der Waals surface area contributed by atoms with Gasteiger partial charge >= 0.3 is 12.0 Å². The van der Waals surface area contributed by atoms with Crippen LogP contribution in [0, 0.1) is 0 Å². The van der Waals surface area contributed by atoms with E-state index in [2.05, 4.69) is 16.0 Å². The van der Waals surface area contributed by atoms with Gasteiger partial charge in [0.25, 0.3) is 5.91 Å². The summed E-state index contributed by atoms with van der Waals surface area (Å²) >= 11 is 0. The van der Waals surface area contributed by atoms with Gasteiger partial charge in [0.05, 0.1) is 17.8 Å². The zero-order valence-electron chi connectivity index (χ0n) is 14.1. The van der Waals surface area contributed by atoms with Gasteiger partial charge in [-0.2, -0.15) is 0 Å². The van der Waals surface area contributed by atoms with Crippen LogP contribution in [-0.4, -0.2) is 45.8 Å². The van der Waals surface area contributed by atoms with Crippen molar-refractivity contribution in [1.29, 1.82) is 0 Å². The molecule has 0 spiro atoms. The largest absolute Gasteiger partial charge is 0.479 e. The highest BCUT2D eigenvalue weighted by atomic mass is 16.4. The van der Waals surface area contributed by atoms with E-state index in [4.69, 9.17) is 5.11 Å². The van der Waals surface area contributed by atoms with Crippen molar-refractivity contribution in [3.63, 3.8) is 0 Å². The lowest BCUT2D eigenvalue weighted by molar-refractivity contribution is -0.155. The second-order valence-corrected chi connectivity index (χ2v) is 6.64. The Hall–Kier alpha value is -2.61. The number of rotatable bonds is 5. The Morgan fingerprint density at radius 2 is 1.67 bits per heavy atom. The fraction of sp³-hybridized carbons (Fsp3) is 0.438. The molecule has 0 saturated heterocycles. The van der Waals surface area contributed by atoms with Crippen LogP contribution < -0.4 is 16.0 Å². The van der Waals surface area contributed by atoms with E-state index in [9.17, 15) is 19.5 Å². The normalized spacial score (nSPS) is 13.5. The molecule has 1 unspecified atom stereocenters. The Labute approximate surface area is 140 Å². The van der Waals surface area contributed by atoms with E-state index in [-0.39, 0.29) is 17.2 Å². The van der Waals surface area contributed by atoms with Crippen LogP contribution in [0.4, 0.5) is 10.5 Å². The van der Waals surface area contributed by atoms with E-state index in [0.29, 0.717) is 0 Å². The molecular formula is C16H23N3O5. The summed E-state index contributed by atoms with van der Waals surface area (Å²) in [6.07, 6.45) is 0. The van der Waals surface area contributed by atoms with Crippen LogP contribution in [0.3, 0.4) is 0 Å². The highest BCUT2D eigenvalue weighted by molar-refractivity contribution is 6.03. The minimum absolute atomic E-state index is 0.270. The lowest BCUT2D eigenvalue weighted by atomic mass is 10.1. The highest BCUT2D eigenvalue weighted by Crippen LogP contribution is 2.16. The molecule has 0 aromatic heterocycles. The van der Waals surface area contributed by atoms with Crippen LogP contribution in [0.1, 0.15) is 38.1 Å². The number of aliphatic hydroxyl groups is 1. The molecule has 1 atom stereocenters. The zero-order chi connectivity index (χ0) is 18.5. The van der Waals surface area contributed by atoms with Gasteiger partial charge in [0, 0.05) is 5.54 Å². The quantitative estimate of drug-likeness (QED) is 0.551. The van der Waals surface area contributed by atoms with Crippen molar-refractivity contribution >= 4 is 23.6 Å². The number of carbonyl (C=O) groups excluding carboxylic acids is 2. The van der Waals surface area contributed by atoms with Crippen molar-refractivity contribution < 1.29 is 24.6 Å². The number of carbonyl (C=O) groups is 3. The summed E-state index contributed by atoms with van der Waals surface area (Å²) < 4.78 is 0. The van der Waals surface area contributed by atoms with Crippen molar-refractivity contribution in [2.24, 2.45) is 0 Å². The molecule has 1 aromatic rings. The molecule has 0 aliphatic carbocycles. The van der Waals surface area contributed by atoms with Crippen molar-refractivity contribution in [2.45, 2.75) is 38.8 Å². The zero-order valence-corrected chi connectivity index (χ0v) is 14.1. The molecule has 0 saturated carbocycles. The summed E-state index contributed by atoms with van der Waals surface area (Å²) in [6.45, 7) is 6.09. The number of para-hydroxylation sites is 1. The molecule has 1 aromatic carbocycles. The molecule has 0 heterocycles. The fourth-order valence-electron chi connectivity index (χ4n) is 1.69. The van der Waals surface area contributed by atoms with Crippen molar-refractivity contribution in [3.8, 4) is 0 Å². The van der Waals surface area contributed by atoms with Crippen molar-refractivity contribution in [1.82, 2.24) is 10.6 Å². The summed E-state index contributed by atoms with van der Waals surface area (Å²) in [6, 6.07) is 5.69. The first-order chi connectivity index (χ1) is 10.9. The molecule has 8 nitrogen and oxygen atoms in total. The molecule has 0 radical (unpaired) electrons. The first-order valence-corrected chi connectivity index (χ1v) is 7.34. The molecule has 1 rings (SSSR count). The van der Waals surface area contributed by atoms with Gasteiger partial charge < -0.3 is 26.2 Å². The lowest BCUT2D eigenvalue weighted by Gasteiger charge is -2.22. The number of aliphatic carboxylic acids is 1. The average molecular weight is 337 g/mol. The van der Waals surface area contributed by atoms with Gasteiger partial charge in [-0.1, -0.05) is 12.1 Å². The summed E-state index contributed by atoms with van der Waals surface area (Å²) in [4.78, 5) is 34.9. The van der Waals surface area contributed by atoms with Crippen LogP contribution in [-0.2, 0) is 4.79 Å². The second-order valence-electron chi connectivity index (χ2n) is 6.64. The Balaban J connectivity index is 2.80. The van der Waals surface area contributed by atoms with Gasteiger partial charge in [0.2, 0.25) is 0 Å². The Kier molecular flexibility index (Phi) is 5.92. The number of anilines is 1. The van der Waals surface area contributed by atoms with Gasteiger partial charge in [0.1, 0.15) is 0 Å². The highest BCUT2D eigenvalue weighted by Gasteiger charge is 2.30. The molecule has 24 heavy (non-hydrogen) atoms. The molecule has 5 N–H and O–H groups in total. The number of carboxylic acid groups (broad SMARTS) is 1. The van der Waals surface area contributed by atoms with Gasteiger partial charge in [-0.15, -0.1) is 0 Å². The first kappa shape index (κ1) is 19.4. The predicted octanol–water partition coefficient (Wildman–Crippen LogP) is 1.17. The monoisotopic (exact) mass is 337 g/mol. The van der Waals surface area contributed by atoms with E-state index in [1.165, 1.54) is 0 Å². The van der Waals surface area contributed by atoms with Gasteiger partial charge in [-0.05, 0) is 39.8 Å². The third kappa shape index (κ3) is 5.88. The van der Waals surface area contributed by atoms with Gasteiger partial charge in [0.15, 0.2) is 5.60 Å². The molecular weight excluding hydrogens is 314 g/mol. The maximum Gasteiger partial charge on any atom is 0.337 e. The van der Waals surface area contributed by atoms with Crippen molar-refractivity contribution in [3.05, 3.63) is 29.8 Å². The van der Waals surface area contributed by atoms with Crippen LogP contribution in [0.25, 0.3) is 0 Å². The van der Waals surface area contributed by atoms with Crippen LogP contribution >= 0.6 is 0 Å². The Morgan fingerprint density at radius 3 is 2.21 bits per heavy atom. The summed E-state index contributed by atoms with van der Waals surface area (Å²) in [5.41, 5.74) is -1.98. The van der Waals surface area contributed by atoms with Gasteiger partial charge in [-0.25, -0.2) is 9.59 Å². The number of hydrogen-bond donors (Lipinski definition) is 5. The molecule has 132 valence electrons. The number of benzene rings is 1. The SMILES string of the molecule is CC(C)(C)NC(=O)c1ccccc1NC(=O)NCC(C)(O)C(=O)O. The topological polar surface area (TPSA) is 128 Å². The van der Waals surface area contributed by atoms with E-state index in [0.717, 1.165) is 6.92 Å². The number of hydrogen-bond acceptors (Lipinski definition) is 4. The molecule has 3 amide bonds. The summed E-state index contributed by atoms with van der Waals surface area (Å²) in [5.74, 6) is -1.80. The minimum Gasteiger partial charge on any atom is -0.479 e. The number of carboxylic acids is 1. The maximum atomic E-state index is 12.3. The predicted molar refractivity (Wildman–Crippen MR) is 88.9 cm³/mol. The molecule has 0 aliphatic heterocycles. The number of nitrogens with one attached hydrogen (secondary N) is 3. The Bertz CT molecular complexity index is 635. The molecule has 8 heteroatoms. The molecule has 0 aliphatic rings. The first-order valence-electron chi connectivity index (χ1n) is 7.34. The average Bonchev–Trinajstić information content (AvgIpc) is 2.44. The Morgan fingerprint density at radius 1 is 1.08 bits per heavy atom. The van der Waals surface area contributed by atoms with Crippen molar-refractivity contribution in [2.75, 3.05) is 11.9 Å². The third-order valence-electron chi connectivity index (χ3n) is 2.96. The summed E-state index contributed by atoms with van der Waals surface area (Å²) in [7, 11) is 0. The molecule has 0 bridgehead atoms. The number of amides is 3. The summed E-state index contributed by atoms with van der Waals surface area (Å²) in [5, 5.41) is 25.9. The van der Waals surface area contributed by atoms with E-state index >= 15 is 0 Å².